The Hall–Kier alpha value is -3.22. The molecule has 6 nitrogen and oxygen atoms in total. The molecule has 2 N–H and O–H groups in total. The average Bonchev–Trinajstić information content (AvgIpc) is 2.70. The van der Waals surface area contributed by atoms with Crippen LogP contribution in [0.3, 0.4) is 0 Å². The first-order chi connectivity index (χ1) is 13.4. The molecule has 1 aliphatic rings. The number of hydrogen-bond donors (Lipinski definition) is 2. The van der Waals surface area contributed by atoms with Gasteiger partial charge in [-0.2, -0.15) is 0 Å². The highest BCUT2D eigenvalue weighted by molar-refractivity contribution is 5.94. The molecule has 1 unspecified atom stereocenters. The Kier molecular flexibility index (Phi) is 6.03. The van der Waals surface area contributed by atoms with E-state index in [1.807, 2.05) is 30.3 Å². The van der Waals surface area contributed by atoms with Crippen LogP contribution in [0.25, 0.3) is 0 Å². The highest BCUT2D eigenvalue weighted by Gasteiger charge is 2.28. The molecule has 146 valence electrons. The van der Waals surface area contributed by atoms with Gasteiger partial charge in [-0.25, -0.2) is 9.18 Å². The number of nitrogens with zero attached hydrogens (tertiary/aromatic N) is 1. The van der Waals surface area contributed by atoms with Crippen molar-refractivity contribution in [3.8, 4) is 0 Å². The van der Waals surface area contributed by atoms with Crippen LogP contribution < -0.4 is 5.32 Å². The Morgan fingerprint density at radius 2 is 1.89 bits per heavy atom. The van der Waals surface area contributed by atoms with Crippen molar-refractivity contribution in [2.75, 3.05) is 18.4 Å². The van der Waals surface area contributed by atoms with Crippen molar-refractivity contribution in [3.63, 3.8) is 0 Å². The quantitative estimate of drug-likeness (QED) is 0.830. The lowest BCUT2D eigenvalue weighted by atomic mass is 9.96. The molecule has 3 rings (SSSR count). The minimum Gasteiger partial charge on any atom is -0.478 e. The maximum absolute atomic E-state index is 14.0. The first kappa shape index (κ1) is 19.5. The maximum Gasteiger partial charge on any atom is 0.335 e. The first-order valence-electron chi connectivity index (χ1n) is 9.09. The van der Waals surface area contributed by atoms with Crippen LogP contribution >= 0.6 is 0 Å². The fourth-order valence-electron chi connectivity index (χ4n) is 3.28. The highest BCUT2D eigenvalue weighted by atomic mass is 19.1. The van der Waals surface area contributed by atoms with Gasteiger partial charge in [-0.05, 0) is 36.6 Å². The molecule has 1 fully saturated rings. The predicted molar refractivity (Wildman–Crippen MR) is 101 cm³/mol. The molecule has 1 atom stereocenters. The summed E-state index contributed by atoms with van der Waals surface area (Å²) in [6.07, 6.45) is 1.58. The van der Waals surface area contributed by atoms with Gasteiger partial charge >= 0.3 is 5.97 Å². The normalized spacial score (nSPS) is 16.5. The fraction of sp³-hybridized carbons (Fsp3) is 0.286. The van der Waals surface area contributed by atoms with E-state index < -0.39 is 17.7 Å². The standard InChI is InChI=1S/C21H21FN2O4/c22-17-12-15(21(27)28)8-9-18(17)23-20(26)16-7-4-10-24(13-16)19(25)11-14-5-2-1-3-6-14/h1-3,5-6,8-9,12,16H,4,7,10-11,13H2,(H,23,26)(H,27,28). The molecule has 2 aromatic carbocycles. The summed E-state index contributed by atoms with van der Waals surface area (Å²) >= 11 is 0. The highest BCUT2D eigenvalue weighted by Crippen LogP contribution is 2.22. The Balaban J connectivity index is 1.61. The number of anilines is 1. The third-order valence-electron chi connectivity index (χ3n) is 4.82. The van der Waals surface area contributed by atoms with Crippen molar-refractivity contribution < 1.29 is 23.9 Å². The van der Waals surface area contributed by atoms with Crippen molar-refractivity contribution in [1.29, 1.82) is 0 Å². The van der Waals surface area contributed by atoms with Crippen LogP contribution in [-0.2, 0) is 16.0 Å². The van der Waals surface area contributed by atoms with E-state index in [9.17, 15) is 18.8 Å². The van der Waals surface area contributed by atoms with E-state index in [2.05, 4.69) is 5.32 Å². The minimum absolute atomic E-state index is 0.0410. The molecule has 0 radical (unpaired) electrons. The van der Waals surface area contributed by atoms with E-state index in [1.54, 1.807) is 4.90 Å². The van der Waals surface area contributed by atoms with Gasteiger partial charge in [0, 0.05) is 13.1 Å². The number of aromatic carboxylic acids is 1. The van der Waals surface area contributed by atoms with Crippen LogP contribution in [0.15, 0.2) is 48.5 Å². The van der Waals surface area contributed by atoms with Crippen molar-refractivity contribution in [2.24, 2.45) is 5.92 Å². The fourth-order valence-corrected chi connectivity index (χ4v) is 3.28. The molecule has 2 amide bonds. The molecule has 0 spiro atoms. The van der Waals surface area contributed by atoms with Gasteiger partial charge < -0.3 is 15.3 Å². The van der Waals surface area contributed by atoms with Gasteiger partial charge in [0.05, 0.1) is 23.6 Å². The van der Waals surface area contributed by atoms with Gasteiger partial charge in [-0.3, -0.25) is 9.59 Å². The lowest BCUT2D eigenvalue weighted by molar-refractivity contribution is -0.133. The van der Waals surface area contributed by atoms with Crippen molar-refractivity contribution >= 4 is 23.5 Å². The summed E-state index contributed by atoms with van der Waals surface area (Å²) < 4.78 is 14.0. The first-order valence-corrected chi connectivity index (χ1v) is 9.09. The van der Waals surface area contributed by atoms with E-state index in [0.717, 1.165) is 11.6 Å². The second kappa shape index (κ2) is 8.65. The van der Waals surface area contributed by atoms with Gasteiger partial charge in [0.25, 0.3) is 0 Å². The number of piperidine rings is 1. The predicted octanol–water partition coefficient (Wildman–Crippen LogP) is 2.94. The van der Waals surface area contributed by atoms with Crippen LogP contribution in [0.5, 0.6) is 0 Å². The van der Waals surface area contributed by atoms with Gasteiger partial charge in [0.1, 0.15) is 5.82 Å². The van der Waals surface area contributed by atoms with Crippen LogP contribution in [0.1, 0.15) is 28.8 Å². The lowest BCUT2D eigenvalue weighted by Crippen LogP contribution is -2.44. The molecule has 1 saturated heterocycles. The Bertz CT molecular complexity index is 885. The summed E-state index contributed by atoms with van der Waals surface area (Å²) in [6, 6.07) is 12.7. The van der Waals surface area contributed by atoms with Crippen LogP contribution in [-0.4, -0.2) is 40.9 Å². The molecule has 7 heteroatoms. The number of carbonyl (C=O) groups excluding carboxylic acids is 2. The number of likely N-dealkylation sites (tertiary alicyclic amines) is 1. The molecule has 28 heavy (non-hydrogen) atoms. The zero-order valence-corrected chi connectivity index (χ0v) is 15.2. The zero-order chi connectivity index (χ0) is 20.1. The van der Waals surface area contributed by atoms with Crippen LogP contribution in [0.2, 0.25) is 0 Å². The van der Waals surface area contributed by atoms with E-state index in [4.69, 9.17) is 5.11 Å². The molecular weight excluding hydrogens is 363 g/mol. The van der Waals surface area contributed by atoms with Gasteiger partial charge in [0.2, 0.25) is 11.8 Å². The minimum atomic E-state index is -1.24. The molecule has 1 aliphatic heterocycles. The maximum atomic E-state index is 14.0. The van der Waals surface area contributed by atoms with E-state index in [1.165, 1.54) is 12.1 Å². The topological polar surface area (TPSA) is 86.7 Å². The summed E-state index contributed by atoms with van der Waals surface area (Å²) in [7, 11) is 0. The van der Waals surface area contributed by atoms with Crippen LogP contribution in [0.4, 0.5) is 10.1 Å². The van der Waals surface area contributed by atoms with E-state index in [0.29, 0.717) is 19.4 Å². The number of carboxylic acids is 1. The van der Waals surface area contributed by atoms with Crippen molar-refractivity contribution in [3.05, 3.63) is 65.5 Å². The Morgan fingerprint density at radius 3 is 2.57 bits per heavy atom. The number of nitrogens with one attached hydrogen (secondary N) is 1. The van der Waals surface area contributed by atoms with E-state index >= 15 is 0 Å². The molecule has 2 aromatic rings. The number of benzene rings is 2. The summed E-state index contributed by atoms with van der Waals surface area (Å²) in [5.74, 6) is -2.90. The molecule has 0 aromatic heterocycles. The Morgan fingerprint density at radius 1 is 1.14 bits per heavy atom. The monoisotopic (exact) mass is 384 g/mol. The van der Waals surface area contributed by atoms with Crippen molar-refractivity contribution in [2.45, 2.75) is 19.3 Å². The SMILES string of the molecule is O=C(O)c1ccc(NC(=O)C2CCCN(C(=O)Cc3ccccc3)C2)c(F)c1. The second-order valence-electron chi connectivity index (χ2n) is 6.83. The molecule has 0 aliphatic carbocycles. The number of hydrogen-bond acceptors (Lipinski definition) is 3. The third-order valence-corrected chi connectivity index (χ3v) is 4.82. The summed E-state index contributed by atoms with van der Waals surface area (Å²) in [5, 5.41) is 11.4. The molecule has 0 saturated carbocycles. The Labute approximate surface area is 162 Å². The molecule has 0 bridgehead atoms. The second-order valence-corrected chi connectivity index (χ2v) is 6.83. The van der Waals surface area contributed by atoms with Gasteiger partial charge in [0.15, 0.2) is 0 Å². The summed E-state index contributed by atoms with van der Waals surface area (Å²) in [4.78, 5) is 37.6. The molecular formula is C21H21FN2O4. The number of halogens is 1. The van der Waals surface area contributed by atoms with Crippen LogP contribution in [0, 0.1) is 11.7 Å². The lowest BCUT2D eigenvalue weighted by Gasteiger charge is -2.32. The number of amides is 2. The third kappa shape index (κ3) is 4.73. The number of rotatable bonds is 5. The largest absolute Gasteiger partial charge is 0.478 e. The van der Waals surface area contributed by atoms with Gasteiger partial charge in [-0.1, -0.05) is 30.3 Å². The molecule has 1 heterocycles. The number of carboxylic acid groups (broad SMARTS) is 1. The summed E-state index contributed by atoms with van der Waals surface area (Å²) in [6.45, 7) is 0.878. The van der Waals surface area contributed by atoms with Crippen molar-refractivity contribution in [1.82, 2.24) is 4.90 Å². The summed E-state index contributed by atoms with van der Waals surface area (Å²) in [5.41, 5.74) is 0.660. The van der Waals surface area contributed by atoms with E-state index in [-0.39, 0.29) is 36.0 Å². The zero-order valence-electron chi connectivity index (χ0n) is 15.2. The average molecular weight is 384 g/mol. The van der Waals surface area contributed by atoms with Gasteiger partial charge in [-0.15, -0.1) is 0 Å². The smallest absolute Gasteiger partial charge is 0.335 e. The number of carbonyl (C=O) groups is 3.